The summed E-state index contributed by atoms with van der Waals surface area (Å²) in [6, 6.07) is 21.2. The van der Waals surface area contributed by atoms with Gasteiger partial charge in [0, 0.05) is 6.20 Å². The first-order chi connectivity index (χ1) is 11.8. The quantitative estimate of drug-likeness (QED) is 0.759. The Morgan fingerprint density at radius 3 is 2.12 bits per heavy atom. The zero-order valence-electron chi connectivity index (χ0n) is 13.3. The van der Waals surface area contributed by atoms with Crippen LogP contribution in [-0.2, 0) is 19.8 Å². The Labute approximate surface area is 140 Å². The van der Waals surface area contributed by atoms with Gasteiger partial charge in [0.2, 0.25) is 0 Å². The molecule has 122 valence electrons. The minimum absolute atomic E-state index is 0.230. The molecular weight excluding hydrogens is 302 g/mol. The van der Waals surface area contributed by atoms with Gasteiger partial charge in [-0.05, 0) is 17.2 Å². The predicted octanol–water partition coefficient (Wildman–Crippen LogP) is 2.97. The normalized spacial score (nSPS) is 10.5. The Hall–Kier alpha value is -2.85. The van der Waals surface area contributed by atoms with Crippen LogP contribution >= 0.6 is 0 Å². The van der Waals surface area contributed by atoms with Crippen molar-refractivity contribution >= 4 is 0 Å². The Kier molecular flexibility index (Phi) is 5.08. The molecule has 24 heavy (non-hydrogen) atoms. The number of nitrogens with zero attached hydrogens (tertiary/aromatic N) is 1. The molecular formula is C20H19NO3. The molecule has 0 saturated heterocycles. The molecule has 0 radical (unpaired) electrons. The Balaban J connectivity index is 1.81. The molecule has 2 aromatic carbocycles. The number of rotatable bonds is 6. The minimum atomic E-state index is -0.349. The van der Waals surface area contributed by atoms with Crippen molar-refractivity contribution in [2.45, 2.75) is 19.8 Å². The zero-order chi connectivity index (χ0) is 16.8. The van der Waals surface area contributed by atoms with E-state index >= 15 is 0 Å². The number of aliphatic hydroxyl groups is 1. The van der Waals surface area contributed by atoms with Crippen LogP contribution in [-0.4, -0.2) is 9.67 Å². The summed E-state index contributed by atoms with van der Waals surface area (Å²) in [5.74, 6) is 0.427. The average molecular weight is 321 g/mol. The van der Waals surface area contributed by atoms with Crippen molar-refractivity contribution in [1.82, 2.24) is 4.57 Å². The zero-order valence-corrected chi connectivity index (χ0v) is 13.3. The van der Waals surface area contributed by atoms with E-state index in [0.717, 1.165) is 11.1 Å². The Morgan fingerprint density at radius 2 is 1.50 bits per heavy atom. The molecule has 0 saturated carbocycles. The lowest BCUT2D eigenvalue weighted by molar-refractivity contribution is 0.255. The minimum Gasteiger partial charge on any atom is -0.488 e. The van der Waals surface area contributed by atoms with Gasteiger partial charge in [-0.2, -0.15) is 0 Å². The highest BCUT2D eigenvalue weighted by Crippen LogP contribution is 2.16. The van der Waals surface area contributed by atoms with E-state index in [2.05, 4.69) is 0 Å². The van der Waals surface area contributed by atoms with Gasteiger partial charge in [0.05, 0.1) is 18.7 Å². The molecule has 0 spiro atoms. The largest absolute Gasteiger partial charge is 0.488 e. The highest BCUT2D eigenvalue weighted by molar-refractivity contribution is 5.31. The van der Waals surface area contributed by atoms with E-state index in [1.165, 1.54) is 0 Å². The van der Waals surface area contributed by atoms with Gasteiger partial charge in [-0.3, -0.25) is 4.79 Å². The monoisotopic (exact) mass is 321 g/mol. The summed E-state index contributed by atoms with van der Waals surface area (Å²) in [6.07, 6.45) is 1.70. The summed E-state index contributed by atoms with van der Waals surface area (Å²) in [5.41, 5.74) is 2.09. The van der Waals surface area contributed by atoms with Crippen molar-refractivity contribution < 1.29 is 9.84 Å². The van der Waals surface area contributed by atoms with Crippen molar-refractivity contribution in [2.75, 3.05) is 0 Å². The fourth-order valence-corrected chi connectivity index (χ4v) is 2.53. The topological polar surface area (TPSA) is 51.5 Å². The van der Waals surface area contributed by atoms with Crippen LogP contribution in [0.3, 0.4) is 0 Å². The van der Waals surface area contributed by atoms with Crippen molar-refractivity contribution in [2.24, 2.45) is 0 Å². The Bertz CT molecular complexity index is 842. The van der Waals surface area contributed by atoms with Crippen LogP contribution < -0.4 is 10.3 Å². The number of ether oxygens (including phenoxy) is 1. The van der Waals surface area contributed by atoms with Crippen molar-refractivity contribution in [3.63, 3.8) is 0 Å². The number of aromatic nitrogens is 1. The van der Waals surface area contributed by atoms with E-state index in [9.17, 15) is 9.90 Å². The van der Waals surface area contributed by atoms with Crippen LogP contribution in [0.15, 0.2) is 77.7 Å². The fourth-order valence-electron chi connectivity index (χ4n) is 2.53. The molecule has 0 aliphatic rings. The lowest BCUT2D eigenvalue weighted by Crippen LogP contribution is -2.24. The molecule has 0 fully saturated rings. The molecule has 0 atom stereocenters. The molecule has 0 aliphatic carbocycles. The van der Waals surface area contributed by atoms with Crippen LogP contribution in [0.5, 0.6) is 5.75 Å². The second-order valence-electron chi connectivity index (χ2n) is 5.51. The molecule has 0 aliphatic heterocycles. The Morgan fingerprint density at radius 1 is 0.875 bits per heavy atom. The van der Waals surface area contributed by atoms with Crippen LogP contribution in [0.4, 0.5) is 0 Å². The summed E-state index contributed by atoms with van der Waals surface area (Å²) in [5, 5.41) is 9.59. The van der Waals surface area contributed by atoms with Gasteiger partial charge in [-0.25, -0.2) is 0 Å². The maximum Gasteiger partial charge on any atom is 0.260 e. The fraction of sp³-hybridized carbons (Fsp3) is 0.150. The van der Waals surface area contributed by atoms with Crippen molar-refractivity contribution in [3.05, 3.63) is 100.0 Å². The van der Waals surface area contributed by atoms with Crippen LogP contribution in [0.25, 0.3) is 0 Å². The molecule has 0 amide bonds. The molecule has 4 nitrogen and oxygen atoms in total. The second-order valence-corrected chi connectivity index (χ2v) is 5.51. The maximum absolute atomic E-state index is 12.6. The first-order valence-corrected chi connectivity index (χ1v) is 7.82. The molecule has 3 rings (SSSR count). The SMILES string of the molecule is O=c1c(CO)c(OCc2ccccc2)ccn1Cc1ccccc1. The van der Waals surface area contributed by atoms with Gasteiger partial charge in [0.15, 0.2) is 0 Å². The van der Waals surface area contributed by atoms with Crippen molar-refractivity contribution in [1.29, 1.82) is 0 Å². The molecule has 1 aromatic heterocycles. The van der Waals surface area contributed by atoms with Gasteiger partial charge in [-0.1, -0.05) is 60.7 Å². The van der Waals surface area contributed by atoms with Crippen LogP contribution in [0.1, 0.15) is 16.7 Å². The lowest BCUT2D eigenvalue weighted by Gasteiger charge is -2.13. The highest BCUT2D eigenvalue weighted by atomic mass is 16.5. The first-order valence-electron chi connectivity index (χ1n) is 7.82. The number of aliphatic hydroxyl groups excluding tert-OH is 1. The van der Waals surface area contributed by atoms with Crippen LogP contribution in [0, 0.1) is 0 Å². The van der Waals surface area contributed by atoms with Crippen LogP contribution in [0.2, 0.25) is 0 Å². The summed E-state index contributed by atoms with van der Waals surface area (Å²) in [4.78, 5) is 12.6. The molecule has 0 bridgehead atoms. The van der Waals surface area contributed by atoms with Gasteiger partial charge in [-0.15, -0.1) is 0 Å². The van der Waals surface area contributed by atoms with Gasteiger partial charge in [0.25, 0.3) is 5.56 Å². The summed E-state index contributed by atoms with van der Waals surface area (Å²) in [6.45, 7) is 0.472. The summed E-state index contributed by atoms with van der Waals surface area (Å²) >= 11 is 0. The average Bonchev–Trinajstić information content (AvgIpc) is 2.64. The lowest BCUT2D eigenvalue weighted by atomic mass is 10.2. The molecule has 0 unspecified atom stereocenters. The number of pyridine rings is 1. The molecule has 4 heteroatoms. The van der Waals surface area contributed by atoms with Crippen molar-refractivity contribution in [3.8, 4) is 5.75 Å². The second kappa shape index (κ2) is 7.62. The third kappa shape index (κ3) is 3.73. The smallest absolute Gasteiger partial charge is 0.260 e. The predicted molar refractivity (Wildman–Crippen MR) is 92.9 cm³/mol. The highest BCUT2D eigenvalue weighted by Gasteiger charge is 2.11. The van der Waals surface area contributed by atoms with E-state index in [-0.39, 0.29) is 17.7 Å². The molecule has 1 heterocycles. The molecule has 3 aromatic rings. The van der Waals surface area contributed by atoms with E-state index < -0.39 is 0 Å². The molecule has 1 N–H and O–H groups in total. The standard InChI is InChI=1S/C20H19NO3/c22-14-18-19(24-15-17-9-5-2-6-10-17)11-12-21(20(18)23)13-16-7-3-1-4-8-16/h1-12,22H,13-15H2. The van der Waals surface area contributed by atoms with Gasteiger partial charge < -0.3 is 14.4 Å². The van der Waals surface area contributed by atoms with E-state index in [1.807, 2.05) is 60.7 Å². The first kappa shape index (κ1) is 16.0. The maximum atomic E-state index is 12.6. The summed E-state index contributed by atoms with van der Waals surface area (Å²) in [7, 11) is 0. The van der Waals surface area contributed by atoms with Gasteiger partial charge in [0.1, 0.15) is 12.4 Å². The number of hydrogen-bond donors (Lipinski definition) is 1. The third-order valence-corrected chi connectivity index (χ3v) is 3.81. The van der Waals surface area contributed by atoms with E-state index in [4.69, 9.17) is 4.74 Å². The van der Waals surface area contributed by atoms with Gasteiger partial charge >= 0.3 is 0 Å². The third-order valence-electron chi connectivity index (χ3n) is 3.81. The number of hydrogen-bond acceptors (Lipinski definition) is 3. The number of benzene rings is 2. The van der Waals surface area contributed by atoms with E-state index in [1.54, 1.807) is 16.8 Å². The van der Waals surface area contributed by atoms with E-state index in [0.29, 0.717) is 18.9 Å². The summed E-state index contributed by atoms with van der Waals surface area (Å²) < 4.78 is 7.31.